The summed E-state index contributed by atoms with van der Waals surface area (Å²) >= 11 is 0. The Bertz CT molecular complexity index is 486. The number of hydrogen-bond donors (Lipinski definition) is 2. The molecule has 1 aliphatic carbocycles. The first kappa shape index (κ1) is 11.5. The molecule has 4 heteroatoms. The average Bonchev–Trinajstić information content (AvgIpc) is 3.12. The van der Waals surface area contributed by atoms with Crippen LogP contribution in [0.25, 0.3) is 0 Å². The Morgan fingerprint density at radius 1 is 1.50 bits per heavy atom. The van der Waals surface area contributed by atoms with Crippen LogP contribution < -0.4 is 10.1 Å². The van der Waals surface area contributed by atoms with Crippen molar-refractivity contribution in [1.82, 2.24) is 5.32 Å². The summed E-state index contributed by atoms with van der Waals surface area (Å²) in [6, 6.07) is 5.39. The van der Waals surface area contributed by atoms with Gasteiger partial charge in [-0.3, -0.25) is 4.79 Å². The third-order valence-corrected chi connectivity index (χ3v) is 3.81. The largest absolute Gasteiger partial charge is 0.491 e. The Morgan fingerprint density at radius 3 is 3.00 bits per heavy atom. The molecule has 3 unspecified atom stereocenters. The van der Waals surface area contributed by atoms with Crippen LogP contribution in [-0.4, -0.2) is 24.2 Å². The molecule has 1 aromatic carbocycles. The van der Waals surface area contributed by atoms with E-state index in [-0.39, 0.29) is 5.91 Å². The number of amides is 1. The van der Waals surface area contributed by atoms with Gasteiger partial charge in [-0.05, 0) is 36.0 Å². The lowest BCUT2D eigenvalue weighted by Gasteiger charge is -2.13. The maximum absolute atomic E-state index is 11.9. The number of ether oxygens (including phenoxy) is 1. The fourth-order valence-corrected chi connectivity index (χ4v) is 2.49. The van der Waals surface area contributed by atoms with Gasteiger partial charge >= 0.3 is 0 Å². The highest BCUT2D eigenvalue weighted by Gasteiger charge is 2.39. The molecule has 0 radical (unpaired) electrons. The van der Waals surface area contributed by atoms with Crippen molar-refractivity contribution < 1.29 is 14.6 Å². The number of fused-ring (bicyclic) bond motifs is 1. The van der Waals surface area contributed by atoms with Crippen LogP contribution in [0.2, 0.25) is 0 Å². The van der Waals surface area contributed by atoms with E-state index in [0.717, 1.165) is 12.0 Å². The van der Waals surface area contributed by atoms with Crippen molar-refractivity contribution >= 4 is 5.91 Å². The standard InChI is InChI=1S/C14H17NO3/c1-8-6-10(8)13(16)9-2-3-12-11(7-9)14(17)15-4-5-18-12/h2-3,7-8,10,13,16H,4-6H2,1H3,(H,15,17). The van der Waals surface area contributed by atoms with Crippen molar-refractivity contribution in [2.24, 2.45) is 11.8 Å². The third-order valence-electron chi connectivity index (χ3n) is 3.81. The summed E-state index contributed by atoms with van der Waals surface area (Å²) in [7, 11) is 0. The van der Waals surface area contributed by atoms with Crippen molar-refractivity contribution in [3.63, 3.8) is 0 Å². The summed E-state index contributed by atoms with van der Waals surface area (Å²) in [5.74, 6) is 1.38. The van der Waals surface area contributed by atoms with E-state index in [1.807, 2.05) is 6.07 Å². The molecule has 1 saturated carbocycles. The molecule has 0 bridgehead atoms. The summed E-state index contributed by atoms with van der Waals surface area (Å²) in [6.45, 7) is 3.14. The molecule has 1 fully saturated rings. The smallest absolute Gasteiger partial charge is 0.255 e. The molecule has 0 spiro atoms. The lowest BCUT2D eigenvalue weighted by atomic mass is 10.0. The molecule has 3 atom stereocenters. The van der Waals surface area contributed by atoms with Gasteiger partial charge in [0.1, 0.15) is 12.4 Å². The van der Waals surface area contributed by atoms with Crippen molar-refractivity contribution in [3.8, 4) is 5.75 Å². The SMILES string of the molecule is CC1CC1C(O)c1ccc2c(c1)C(=O)NCCO2. The van der Waals surface area contributed by atoms with Crippen LogP contribution in [0.4, 0.5) is 0 Å². The average molecular weight is 247 g/mol. The topological polar surface area (TPSA) is 58.6 Å². The van der Waals surface area contributed by atoms with Crippen LogP contribution in [-0.2, 0) is 0 Å². The first-order valence-corrected chi connectivity index (χ1v) is 6.40. The maximum Gasteiger partial charge on any atom is 0.255 e. The second-order valence-corrected chi connectivity index (χ2v) is 5.18. The van der Waals surface area contributed by atoms with Crippen molar-refractivity contribution in [2.75, 3.05) is 13.2 Å². The summed E-state index contributed by atoms with van der Waals surface area (Å²) in [6.07, 6.45) is 0.586. The minimum Gasteiger partial charge on any atom is -0.491 e. The Hall–Kier alpha value is -1.55. The maximum atomic E-state index is 11.9. The molecule has 0 aromatic heterocycles. The predicted octanol–water partition coefficient (Wildman–Crippen LogP) is 1.50. The van der Waals surface area contributed by atoms with Crippen LogP contribution in [0.5, 0.6) is 5.75 Å². The van der Waals surface area contributed by atoms with Gasteiger partial charge in [0.25, 0.3) is 5.91 Å². The minimum atomic E-state index is -0.471. The Balaban J connectivity index is 1.91. The summed E-state index contributed by atoms with van der Waals surface area (Å²) < 4.78 is 5.49. The van der Waals surface area contributed by atoms with Gasteiger partial charge in [0.2, 0.25) is 0 Å². The number of aliphatic hydroxyl groups excluding tert-OH is 1. The van der Waals surface area contributed by atoms with Gasteiger partial charge in [0, 0.05) is 0 Å². The van der Waals surface area contributed by atoms with Gasteiger partial charge in [-0.1, -0.05) is 13.0 Å². The number of rotatable bonds is 2. The number of nitrogens with one attached hydrogen (secondary N) is 1. The van der Waals surface area contributed by atoms with Gasteiger partial charge in [-0.15, -0.1) is 0 Å². The Kier molecular flexibility index (Phi) is 2.74. The van der Waals surface area contributed by atoms with Gasteiger partial charge in [0.15, 0.2) is 0 Å². The second kappa shape index (κ2) is 4.28. The number of hydrogen-bond acceptors (Lipinski definition) is 3. The Morgan fingerprint density at radius 2 is 2.28 bits per heavy atom. The van der Waals surface area contributed by atoms with Crippen LogP contribution in [0.3, 0.4) is 0 Å². The third kappa shape index (κ3) is 1.97. The highest BCUT2D eigenvalue weighted by molar-refractivity contribution is 5.97. The fraction of sp³-hybridized carbons (Fsp3) is 0.500. The van der Waals surface area contributed by atoms with Crippen LogP contribution >= 0.6 is 0 Å². The summed E-state index contributed by atoms with van der Waals surface area (Å²) in [5, 5.41) is 13.0. The zero-order valence-electron chi connectivity index (χ0n) is 10.3. The van der Waals surface area contributed by atoms with Gasteiger partial charge in [0.05, 0.1) is 18.2 Å². The lowest BCUT2D eigenvalue weighted by molar-refractivity contribution is 0.0956. The molecule has 4 nitrogen and oxygen atoms in total. The molecule has 1 aliphatic heterocycles. The second-order valence-electron chi connectivity index (χ2n) is 5.18. The van der Waals surface area contributed by atoms with Crippen LogP contribution in [0, 0.1) is 11.8 Å². The molecular formula is C14H17NO3. The number of aliphatic hydroxyl groups is 1. The molecular weight excluding hydrogens is 230 g/mol. The zero-order chi connectivity index (χ0) is 12.7. The highest BCUT2D eigenvalue weighted by Crippen LogP contribution is 2.47. The van der Waals surface area contributed by atoms with Crippen LogP contribution in [0.15, 0.2) is 18.2 Å². The van der Waals surface area contributed by atoms with E-state index >= 15 is 0 Å². The summed E-state index contributed by atoms with van der Waals surface area (Å²) in [4.78, 5) is 11.9. The van der Waals surface area contributed by atoms with E-state index in [1.54, 1.807) is 12.1 Å². The molecule has 1 heterocycles. The van der Waals surface area contributed by atoms with E-state index in [1.165, 1.54) is 0 Å². The van der Waals surface area contributed by atoms with Gasteiger partial charge in [-0.2, -0.15) is 0 Å². The molecule has 0 saturated heterocycles. The van der Waals surface area contributed by atoms with Gasteiger partial charge < -0.3 is 15.2 Å². The molecule has 96 valence electrons. The molecule has 3 rings (SSSR count). The van der Waals surface area contributed by atoms with E-state index in [2.05, 4.69) is 12.2 Å². The van der Waals surface area contributed by atoms with E-state index < -0.39 is 6.10 Å². The first-order valence-electron chi connectivity index (χ1n) is 6.40. The molecule has 18 heavy (non-hydrogen) atoms. The number of carbonyl (C=O) groups excluding carboxylic acids is 1. The number of carbonyl (C=O) groups is 1. The predicted molar refractivity (Wildman–Crippen MR) is 66.5 cm³/mol. The fourth-order valence-electron chi connectivity index (χ4n) is 2.49. The van der Waals surface area contributed by atoms with Gasteiger partial charge in [-0.25, -0.2) is 0 Å². The molecule has 1 aromatic rings. The highest BCUT2D eigenvalue weighted by atomic mass is 16.5. The quantitative estimate of drug-likeness (QED) is 0.832. The van der Waals surface area contributed by atoms with Crippen molar-refractivity contribution in [2.45, 2.75) is 19.4 Å². The Labute approximate surface area is 106 Å². The van der Waals surface area contributed by atoms with E-state index in [4.69, 9.17) is 4.74 Å². The number of benzene rings is 1. The molecule has 1 amide bonds. The minimum absolute atomic E-state index is 0.125. The van der Waals surface area contributed by atoms with Crippen molar-refractivity contribution in [3.05, 3.63) is 29.3 Å². The molecule has 2 aliphatic rings. The zero-order valence-corrected chi connectivity index (χ0v) is 10.3. The summed E-state index contributed by atoms with van der Waals surface area (Å²) in [5.41, 5.74) is 1.33. The van der Waals surface area contributed by atoms with Crippen LogP contribution in [0.1, 0.15) is 35.4 Å². The molecule has 2 N–H and O–H groups in total. The lowest BCUT2D eigenvalue weighted by Crippen LogP contribution is -2.24. The monoisotopic (exact) mass is 247 g/mol. The normalized spacial score (nSPS) is 27.6. The van der Waals surface area contributed by atoms with E-state index in [0.29, 0.717) is 36.3 Å². The van der Waals surface area contributed by atoms with E-state index in [9.17, 15) is 9.90 Å². The van der Waals surface area contributed by atoms with Crippen molar-refractivity contribution in [1.29, 1.82) is 0 Å². The first-order chi connectivity index (χ1) is 8.66.